The molecule has 0 aliphatic heterocycles. The largest absolute Gasteiger partial charge is 0.326 e. The van der Waals surface area contributed by atoms with Crippen molar-refractivity contribution < 1.29 is 9.59 Å². The molecular formula is C15H20N6O2. The summed E-state index contributed by atoms with van der Waals surface area (Å²) in [5.41, 5.74) is 2.30. The Labute approximate surface area is 134 Å². The van der Waals surface area contributed by atoms with Gasteiger partial charge in [0.2, 0.25) is 11.8 Å². The summed E-state index contributed by atoms with van der Waals surface area (Å²) in [6.45, 7) is 3.97. The van der Waals surface area contributed by atoms with Gasteiger partial charge in [-0.3, -0.25) is 9.59 Å². The summed E-state index contributed by atoms with van der Waals surface area (Å²) in [4.78, 5) is 23.6. The van der Waals surface area contributed by atoms with Crippen LogP contribution in [0.5, 0.6) is 0 Å². The molecule has 2 amide bonds. The van der Waals surface area contributed by atoms with Crippen LogP contribution in [0.25, 0.3) is 0 Å². The molecule has 8 heteroatoms. The van der Waals surface area contributed by atoms with Crippen LogP contribution >= 0.6 is 0 Å². The van der Waals surface area contributed by atoms with Crippen LogP contribution in [0.4, 0.5) is 11.4 Å². The van der Waals surface area contributed by atoms with Crippen molar-refractivity contribution in [2.45, 2.75) is 39.7 Å². The summed E-state index contributed by atoms with van der Waals surface area (Å²) >= 11 is 0. The van der Waals surface area contributed by atoms with Gasteiger partial charge in [0.25, 0.3) is 0 Å². The number of hydrogen-bond donors (Lipinski definition) is 2. The summed E-state index contributed by atoms with van der Waals surface area (Å²) in [7, 11) is 0. The van der Waals surface area contributed by atoms with Crippen molar-refractivity contribution in [1.29, 1.82) is 0 Å². The zero-order valence-corrected chi connectivity index (χ0v) is 13.2. The number of aromatic nitrogens is 4. The van der Waals surface area contributed by atoms with E-state index in [2.05, 4.69) is 26.2 Å². The molecule has 0 bridgehead atoms. The van der Waals surface area contributed by atoms with Gasteiger partial charge >= 0.3 is 0 Å². The number of carbonyl (C=O) groups excluding carboxylic acids is 2. The number of anilines is 2. The SMILES string of the molecule is CCCCC(=O)Nc1ccc(NC(=O)Cn2cnnn2)cc1C. The average Bonchev–Trinajstić information content (AvgIpc) is 3.00. The van der Waals surface area contributed by atoms with Crippen LogP contribution in [0.15, 0.2) is 24.5 Å². The molecule has 1 heterocycles. The Balaban J connectivity index is 1.93. The minimum absolute atomic E-state index is 0.00502. The molecule has 0 unspecified atom stereocenters. The van der Waals surface area contributed by atoms with E-state index in [0.717, 1.165) is 24.1 Å². The number of hydrogen-bond acceptors (Lipinski definition) is 5. The van der Waals surface area contributed by atoms with Gasteiger partial charge < -0.3 is 10.6 Å². The number of benzene rings is 1. The van der Waals surface area contributed by atoms with E-state index in [4.69, 9.17) is 0 Å². The number of nitrogens with one attached hydrogen (secondary N) is 2. The standard InChI is InChI=1S/C15H20N6O2/c1-3-4-5-14(22)18-13-7-6-12(8-11(13)2)17-15(23)9-21-10-16-19-20-21/h6-8,10H,3-5,9H2,1-2H3,(H,17,23)(H,18,22). The molecule has 23 heavy (non-hydrogen) atoms. The fourth-order valence-corrected chi connectivity index (χ4v) is 2.03. The Bertz CT molecular complexity index is 669. The fraction of sp³-hybridized carbons (Fsp3) is 0.400. The Morgan fingerprint density at radius 3 is 2.70 bits per heavy atom. The molecule has 2 N–H and O–H groups in total. The second kappa shape index (κ2) is 8.02. The van der Waals surface area contributed by atoms with Crippen LogP contribution < -0.4 is 10.6 Å². The van der Waals surface area contributed by atoms with E-state index in [1.54, 1.807) is 12.1 Å². The van der Waals surface area contributed by atoms with Gasteiger partial charge in [-0.15, -0.1) is 5.10 Å². The predicted octanol–water partition coefficient (Wildman–Crippen LogP) is 1.75. The minimum atomic E-state index is -0.226. The summed E-state index contributed by atoms with van der Waals surface area (Å²) in [5.74, 6) is -0.221. The van der Waals surface area contributed by atoms with Crippen LogP contribution in [0.2, 0.25) is 0 Å². The van der Waals surface area contributed by atoms with Crippen molar-refractivity contribution in [3.8, 4) is 0 Å². The number of unbranched alkanes of at least 4 members (excludes halogenated alkanes) is 1. The monoisotopic (exact) mass is 316 g/mol. The first-order valence-electron chi connectivity index (χ1n) is 7.49. The molecule has 1 aromatic heterocycles. The normalized spacial score (nSPS) is 10.3. The molecule has 1 aromatic carbocycles. The van der Waals surface area contributed by atoms with Gasteiger partial charge in [-0.05, 0) is 47.5 Å². The van der Waals surface area contributed by atoms with Crippen LogP contribution in [-0.2, 0) is 16.1 Å². The molecule has 0 radical (unpaired) electrons. The molecule has 0 aliphatic carbocycles. The van der Waals surface area contributed by atoms with Crippen molar-refractivity contribution in [1.82, 2.24) is 20.2 Å². The highest BCUT2D eigenvalue weighted by atomic mass is 16.2. The summed E-state index contributed by atoms with van der Waals surface area (Å²) in [6, 6.07) is 5.35. The predicted molar refractivity (Wildman–Crippen MR) is 85.8 cm³/mol. The molecule has 8 nitrogen and oxygen atoms in total. The van der Waals surface area contributed by atoms with E-state index in [0.29, 0.717) is 12.1 Å². The molecule has 122 valence electrons. The summed E-state index contributed by atoms with van der Waals surface area (Å²) in [6.07, 6.45) is 3.74. The minimum Gasteiger partial charge on any atom is -0.326 e. The third-order valence-electron chi connectivity index (χ3n) is 3.24. The molecule has 0 saturated carbocycles. The van der Waals surface area contributed by atoms with Crippen molar-refractivity contribution in [2.24, 2.45) is 0 Å². The van der Waals surface area contributed by atoms with Crippen molar-refractivity contribution >= 4 is 23.2 Å². The van der Waals surface area contributed by atoms with E-state index in [1.807, 2.05) is 19.9 Å². The van der Waals surface area contributed by atoms with Gasteiger partial charge in [-0.2, -0.15) is 0 Å². The highest BCUT2D eigenvalue weighted by Crippen LogP contribution is 2.20. The number of nitrogens with zero attached hydrogens (tertiary/aromatic N) is 4. The first kappa shape index (κ1) is 16.6. The lowest BCUT2D eigenvalue weighted by Gasteiger charge is -2.11. The second-order valence-corrected chi connectivity index (χ2v) is 5.24. The number of rotatable bonds is 7. The highest BCUT2D eigenvalue weighted by molar-refractivity contribution is 5.93. The summed E-state index contributed by atoms with van der Waals surface area (Å²) < 4.78 is 1.34. The highest BCUT2D eigenvalue weighted by Gasteiger charge is 2.08. The van der Waals surface area contributed by atoms with E-state index in [1.165, 1.54) is 11.0 Å². The van der Waals surface area contributed by atoms with E-state index in [-0.39, 0.29) is 18.4 Å². The maximum atomic E-state index is 11.9. The lowest BCUT2D eigenvalue weighted by Crippen LogP contribution is -2.19. The van der Waals surface area contributed by atoms with E-state index in [9.17, 15) is 9.59 Å². The third kappa shape index (κ3) is 5.17. The lowest BCUT2D eigenvalue weighted by molar-refractivity contribution is -0.117. The van der Waals surface area contributed by atoms with Gasteiger partial charge in [0.05, 0.1) is 0 Å². The van der Waals surface area contributed by atoms with E-state index < -0.39 is 0 Å². The molecule has 0 fully saturated rings. The average molecular weight is 316 g/mol. The van der Waals surface area contributed by atoms with Crippen LogP contribution in [0.1, 0.15) is 31.7 Å². The topological polar surface area (TPSA) is 102 Å². The molecule has 2 rings (SSSR count). The van der Waals surface area contributed by atoms with Crippen molar-refractivity contribution in [3.63, 3.8) is 0 Å². The van der Waals surface area contributed by atoms with Crippen molar-refractivity contribution in [2.75, 3.05) is 10.6 Å². The van der Waals surface area contributed by atoms with Crippen LogP contribution in [0.3, 0.4) is 0 Å². The second-order valence-electron chi connectivity index (χ2n) is 5.24. The third-order valence-corrected chi connectivity index (χ3v) is 3.24. The van der Waals surface area contributed by atoms with Crippen LogP contribution in [-0.4, -0.2) is 32.0 Å². The first-order chi connectivity index (χ1) is 11.1. The smallest absolute Gasteiger partial charge is 0.246 e. The maximum Gasteiger partial charge on any atom is 0.246 e. The Morgan fingerprint density at radius 1 is 1.22 bits per heavy atom. The Kier molecular flexibility index (Phi) is 5.79. The zero-order valence-electron chi connectivity index (χ0n) is 13.2. The Hall–Kier alpha value is -2.77. The van der Waals surface area contributed by atoms with Gasteiger partial charge in [-0.1, -0.05) is 13.3 Å². The van der Waals surface area contributed by atoms with Crippen molar-refractivity contribution in [3.05, 3.63) is 30.1 Å². The molecule has 0 spiro atoms. The fourth-order valence-electron chi connectivity index (χ4n) is 2.03. The number of amides is 2. The number of tetrazole rings is 1. The maximum absolute atomic E-state index is 11.9. The molecule has 0 saturated heterocycles. The van der Waals surface area contributed by atoms with E-state index >= 15 is 0 Å². The first-order valence-corrected chi connectivity index (χ1v) is 7.49. The number of aryl methyl sites for hydroxylation is 1. The number of carbonyl (C=O) groups is 2. The van der Waals surface area contributed by atoms with Gasteiger partial charge in [0.1, 0.15) is 12.9 Å². The van der Waals surface area contributed by atoms with Gasteiger partial charge in [0.15, 0.2) is 0 Å². The summed E-state index contributed by atoms with van der Waals surface area (Å²) in [5, 5.41) is 16.2. The molecular weight excluding hydrogens is 296 g/mol. The zero-order chi connectivity index (χ0) is 16.7. The van der Waals surface area contributed by atoms with Crippen LogP contribution in [0, 0.1) is 6.92 Å². The molecule has 0 aliphatic rings. The molecule has 2 aromatic rings. The van der Waals surface area contributed by atoms with Gasteiger partial charge in [-0.25, -0.2) is 4.68 Å². The quantitative estimate of drug-likeness (QED) is 0.810. The molecule has 0 atom stereocenters. The van der Waals surface area contributed by atoms with Gasteiger partial charge in [0, 0.05) is 17.8 Å². The lowest BCUT2D eigenvalue weighted by atomic mass is 10.1. The Morgan fingerprint density at radius 2 is 2.04 bits per heavy atom.